The first-order valence-electron chi connectivity index (χ1n) is 10.4. The lowest BCUT2D eigenvalue weighted by Crippen LogP contribution is -2.51. The molecule has 3 aromatic rings. The Labute approximate surface area is 185 Å². The van der Waals surface area contributed by atoms with Crippen LogP contribution in [0.3, 0.4) is 0 Å². The van der Waals surface area contributed by atoms with Crippen LogP contribution in [0.5, 0.6) is 0 Å². The first-order chi connectivity index (χ1) is 15.5. The Morgan fingerprint density at radius 3 is 2.06 bits per heavy atom. The molecular weight excluding hydrogens is 411 g/mol. The van der Waals surface area contributed by atoms with Gasteiger partial charge in [-0.3, -0.25) is 14.4 Å². The molecular formula is C24H23FN4O3. The van der Waals surface area contributed by atoms with Gasteiger partial charge >= 0.3 is 0 Å². The summed E-state index contributed by atoms with van der Waals surface area (Å²) in [6.07, 6.45) is 1.67. The lowest BCUT2D eigenvalue weighted by Gasteiger charge is -2.35. The van der Waals surface area contributed by atoms with Gasteiger partial charge in [-0.15, -0.1) is 0 Å². The normalized spacial score (nSPS) is 13.7. The number of aromatic nitrogens is 1. The van der Waals surface area contributed by atoms with Gasteiger partial charge in [0.15, 0.2) is 0 Å². The molecule has 7 nitrogen and oxygen atoms in total. The highest BCUT2D eigenvalue weighted by Crippen LogP contribution is 2.14. The van der Waals surface area contributed by atoms with Gasteiger partial charge in [0.25, 0.3) is 11.8 Å². The van der Waals surface area contributed by atoms with Crippen molar-refractivity contribution in [2.45, 2.75) is 6.54 Å². The van der Waals surface area contributed by atoms with Gasteiger partial charge in [-0.05, 0) is 48.5 Å². The average Bonchev–Trinajstić information content (AvgIpc) is 3.28. The molecule has 164 valence electrons. The molecule has 0 spiro atoms. The van der Waals surface area contributed by atoms with Crippen molar-refractivity contribution in [1.82, 2.24) is 14.4 Å². The standard InChI is InChI=1S/C24H23FN4O3/c25-19-8-10-20(11-9-19)26-22(30)17-29-12-4-7-21(29)24(32)28-15-13-27(14-16-28)23(31)18-5-2-1-3-6-18/h1-12H,13-17H2,(H,26,30). The number of nitrogens with one attached hydrogen (secondary N) is 1. The van der Waals surface area contributed by atoms with E-state index in [2.05, 4.69) is 5.32 Å². The van der Waals surface area contributed by atoms with Crippen LogP contribution in [0.1, 0.15) is 20.8 Å². The molecule has 2 heterocycles. The van der Waals surface area contributed by atoms with Crippen LogP contribution < -0.4 is 5.32 Å². The fourth-order valence-electron chi connectivity index (χ4n) is 3.67. The second kappa shape index (κ2) is 9.47. The first-order valence-corrected chi connectivity index (χ1v) is 10.4. The van der Waals surface area contributed by atoms with Gasteiger partial charge in [0.1, 0.15) is 18.1 Å². The van der Waals surface area contributed by atoms with Gasteiger partial charge in [-0.2, -0.15) is 0 Å². The molecule has 32 heavy (non-hydrogen) atoms. The summed E-state index contributed by atoms with van der Waals surface area (Å²) in [6.45, 7) is 1.70. The topological polar surface area (TPSA) is 74.7 Å². The molecule has 2 aromatic carbocycles. The maximum atomic E-state index is 13.0. The molecule has 0 saturated carbocycles. The summed E-state index contributed by atoms with van der Waals surface area (Å²) in [5, 5.41) is 2.69. The largest absolute Gasteiger partial charge is 0.335 e. The number of benzene rings is 2. The third-order valence-corrected chi connectivity index (χ3v) is 5.37. The number of anilines is 1. The summed E-state index contributed by atoms with van der Waals surface area (Å²) in [5.74, 6) is -0.929. The molecule has 0 atom stereocenters. The predicted octanol–water partition coefficient (Wildman–Crippen LogP) is 2.86. The lowest BCUT2D eigenvalue weighted by atomic mass is 10.2. The van der Waals surface area contributed by atoms with E-state index < -0.39 is 0 Å². The van der Waals surface area contributed by atoms with Crippen molar-refractivity contribution in [2.24, 2.45) is 0 Å². The SMILES string of the molecule is O=C(Cn1cccc1C(=O)N1CCN(C(=O)c2ccccc2)CC1)Nc1ccc(F)cc1. The van der Waals surface area contributed by atoms with Crippen LogP contribution in [0, 0.1) is 5.82 Å². The van der Waals surface area contributed by atoms with Crippen LogP contribution >= 0.6 is 0 Å². The smallest absolute Gasteiger partial charge is 0.270 e. The Morgan fingerprint density at radius 2 is 1.41 bits per heavy atom. The highest BCUT2D eigenvalue weighted by Gasteiger charge is 2.27. The van der Waals surface area contributed by atoms with Crippen LogP contribution in [-0.4, -0.2) is 58.3 Å². The summed E-state index contributed by atoms with van der Waals surface area (Å²) >= 11 is 0. The number of carbonyl (C=O) groups is 3. The molecule has 0 aliphatic carbocycles. The minimum absolute atomic E-state index is 0.0430. The Hall–Kier alpha value is -3.94. The minimum atomic E-state index is -0.383. The fourth-order valence-corrected chi connectivity index (χ4v) is 3.67. The van der Waals surface area contributed by atoms with Crippen LogP contribution in [0.15, 0.2) is 72.9 Å². The van der Waals surface area contributed by atoms with Crippen molar-refractivity contribution in [3.63, 3.8) is 0 Å². The van der Waals surface area contributed by atoms with Crippen molar-refractivity contribution in [2.75, 3.05) is 31.5 Å². The Balaban J connectivity index is 1.35. The lowest BCUT2D eigenvalue weighted by molar-refractivity contribution is -0.116. The van der Waals surface area contributed by atoms with Crippen molar-refractivity contribution in [3.05, 3.63) is 90.0 Å². The van der Waals surface area contributed by atoms with E-state index in [9.17, 15) is 18.8 Å². The number of carbonyl (C=O) groups excluding carboxylic acids is 3. The summed E-state index contributed by atoms with van der Waals surface area (Å²) in [4.78, 5) is 41.4. The molecule has 4 rings (SSSR count). The monoisotopic (exact) mass is 434 g/mol. The summed E-state index contributed by atoms with van der Waals surface area (Å²) in [6, 6.07) is 18.0. The average molecular weight is 434 g/mol. The predicted molar refractivity (Wildman–Crippen MR) is 118 cm³/mol. The fraction of sp³-hybridized carbons (Fsp3) is 0.208. The first kappa shape index (κ1) is 21.3. The number of halogens is 1. The molecule has 1 aliphatic heterocycles. The summed E-state index contributed by atoms with van der Waals surface area (Å²) < 4.78 is 14.6. The van der Waals surface area contributed by atoms with E-state index in [1.54, 1.807) is 44.8 Å². The number of amides is 3. The number of nitrogens with zero attached hydrogens (tertiary/aromatic N) is 3. The third-order valence-electron chi connectivity index (χ3n) is 5.37. The highest BCUT2D eigenvalue weighted by atomic mass is 19.1. The van der Waals surface area contributed by atoms with E-state index in [1.807, 2.05) is 18.2 Å². The van der Waals surface area contributed by atoms with Gasteiger partial charge in [-0.25, -0.2) is 4.39 Å². The van der Waals surface area contributed by atoms with E-state index in [0.29, 0.717) is 43.1 Å². The van der Waals surface area contributed by atoms with Crippen LogP contribution in [0.2, 0.25) is 0 Å². The number of hydrogen-bond acceptors (Lipinski definition) is 3. The van der Waals surface area contributed by atoms with Crippen molar-refractivity contribution in [3.8, 4) is 0 Å². The van der Waals surface area contributed by atoms with E-state index in [0.717, 1.165) is 0 Å². The molecule has 1 saturated heterocycles. The van der Waals surface area contributed by atoms with E-state index in [-0.39, 0.29) is 30.1 Å². The second-order valence-electron chi connectivity index (χ2n) is 7.53. The van der Waals surface area contributed by atoms with Crippen LogP contribution in [0.4, 0.5) is 10.1 Å². The zero-order valence-electron chi connectivity index (χ0n) is 17.4. The van der Waals surface area contributed by atoms with Gasteiger partial charge in [-0.1, -0.05) is 18.2 Å². The van der Waals surface area contributed by atoms with E-state index >= 15 is 0 Å². The van der Waals surface area contributed by atoms with Crippen molar-refractivity contribution >= 4 is 23.4 Å². The minimum Gasteiger partial charge on any atom is -0.335 e. The quantitative estimate of drug-likeness (QED) is 0.671. The maximum Gasteiger partial charge on any atom is 0.270 e. The summed E-state index contributed by atoms with van der Waals surface area (Å²) in [5.41, 5.74) is 1.52. The molecule has 1 N–H and O–H groups in total. The Bertz CT molecular complexity index is 1100. The van der Waals surface area contributed by atoms with Gasteiger partial charge < -0.3 is 19.7 Å². The molecule has 0 unspecified atom stereocenters. The van der Waals surface area contributed by atoms with Crippen molar-refractivity contribution < 1.29 is 18.8 Å². The third kappa shape index (κ3) is 4.85. The zero-order chi connectivity index (χ0) is 22.5. The molecule has 1 aromatic heterocycles. The van der Waals surface area contributed by atoms with Crippen LogP contribution in [-0.2, 0) is 11.3 Å². The second-order valence-corrected chi connectivity index (χ2v) is 7.53. The molecule has 0 bridgehead atoms. The molecule has 0 radical (unpaired) electrons. The number of rotatable bonds is 5. The highest BCUT2D eigenvalue weighted by molar-refractivity contribution is 5.96. The molecule has 1 aliphatic rings. The Kier molecular flexibility index (Phi) is 6.30. The van der Waals surface area contributed by atoms with Crippen molar-refractivity contribution in [1.29, 1.82) is 0 Å². The van der Waals surface area contributed by atoms with E-state index in [1.165, 1.54) is 24.3 Å². The number of piperazine rings is 1. The Morgan fingerprint density at radius 1 is 0.781 bits per heavy atom. The maximum absolute atomic E-state index is 13.0. The van der Waals surface area contributed by atoms with Gasteiger partial charge in [0.2, 0.25) is 5.91 Å². The van der Waals surface area contributed by atoms with Gasteiger partial charge in [0, 0.05) is 43.6 Å². The molecule has 3 amide bonds. The zero-order valence-corrected chi connectivity index (χ0v) is 17.4. The number of hydrogen-bond donors (Lipinski definition) is 1. The van der Waals surface area contributed by atoms with Crippen LogP contribution in [0.25, 0.3) is 0 Å². The summed E-state index contributed by atoms with van der Waals surface area (Å²) in [7, 11) is 0. The molecule has 8 heteroatoms. The van der Waals surface area contributed by atoms with Gasteiger partial charge in [0.05, 0.1) is 0 Å². The molecule has 1 fully saturated rings. The van der Waals surface area contributed by atoms with E-state index in [4.69, 9.17) is 0 Å².